The van der Waals surface area contributed by atoms with Gasteiger partial charge >= 0.3 is 0 Å². The van der Waals surface area contributed by atoms with E-state index in [2.05, 4.69) is 9.88 Å². The lowest BCUT2D eigenvalue weighted by molar-refractivity contribution is -0.0566. The van der Waals surface area contributed by atoms with Crippen LogP contribution in [0.25, 0.3) is 0 Å². The smallest absolute Gasteiger partial charge is 0.250 e. The van der Waals surface area contributed by atoms with Crippen molar-refractivity contribution in [3.63, 3.8) is 0 Å². The molecule has 1 aromatic rings. The van der Waals surface area contributed by atoms with Crippen molar-refractivity contribution in [3.8, 4) is 0 Å². The van der Waals surface area contributed by atoms with Crippen LogP contribution in [-0.4, -0.2) is 28.9 Å². The Balaban J connectivity index is 1.88. The van der Waals surface area contributed by atoms with Crippen molar-refractivity contribution in [2.75, 3.05) is 13.1 Å². The monoisotopic (exact) mass is 212 g/mol. The van der Waals surface area contributed by atoms with Gasteiger partial charge in [0.2, 0.25) is 0 Å². The fourth-order valence-electron chi connectivity index (χ4n) is 1.78. The van der Waals surface area contributed by atoms with Crippen molar-refractivity contribution in [2.24, 2.45) is 0 Å². The molecule has 0 atom stereocenters. The summed E-state index contributed by atoms with van der Waals surface area (Å²) >= 11 is 0. The van der Waals surface area contributed by atoms with Gasteiger partial charge in [-0.2, -0.15) is 0 Å². The molecule has 2 nitrogen and oxygen atoms in total. The SMILES string of the molecule is FC1(F)CCN(Cc2ccncc2)CC1. The Labute approximate surface area is 87.9 Å². The molecular formula is C11H14F2N2. The van der Waals surface area contributed by atoms with Gasteiger partial charge in [0.15, 0.2) is 0 Å². The van der Waals surface area contributed by atoms with Gasteiger partial charge in [-0.1, -0.05) is 0 Å². The second kappa shape index (κ2) is 4.23. The second-order valence-electron chi connectivity index (χ2n) is 3.99. The summed E-state index contributed by atoms with van der Waals surface area (Å²) in [6, 6.07) is 3.85. The normalized spacial score (nSPS) is 21.5. The highest BCUT2D eigenvalue weighted by Gasteiger charge is 2.33. The summed E-state index contributed by atoms with van der Waals surface area (Å²) in [6.07, 6.45) is 3.43. The van der Waals surface area contributed by atoms with E-state index in [1.807, 2.05) is 12.1 Å². The number of likely N-dealkylation sites (tertiary alicyclic amines) is 1. The number of hydrogen-bond acceptors (Lipinski definition) is 2. The Morgan fingerprint density at radius 3 is 2.40 bits per heavy atom. The molecule has 0 spiro atoms. The summed E-state index contributed by atoms with van der Waals surface area (Å²) in [6.45, 7) is 1.71. The first-order valence-corrected chi connectivity index (χ1v) is 5.15. The molecule has 2 heterocycles. The molecule has 0 aliphatic carbocycles. The van der Waals surface area contributed by atoms with Crippen LogP contribution in [0, 0.1) is 0 Å². The highest BCUT2D eigenvalue weighted by atomic mass is 19.3. The first-order chi connectivity index (χ1) is 7.16. The molecule has 1 saturated heterocycles. The first-order valence-electron chi connectivity index (χ1n) is 5.15. The van der Waals surface area contributed by atoms with Gasteiger partial charge in [0.25, 0.3) is 5.92 Å². The van der Waals surface area contributed by atoms with Crippen LogP contribution in [0.2, 0.25) is 0 Å². The summed E-state index contributed by atoms with van der Waals surface area (Å²) in [5, 5.41) is 0. The van der Waals surface area contributed by atoms with Crippen molar-refractivity contribution in [1.82, 2.24) is 9.88 Å². The van der Waals surface area contributed by atoms with Crippen molar-refractivity contribution < 1.29 is 8.78 Å². The Hall–Kier alpha value is -1.03. The average Bonchev–Trinajstić information content (AvgIpc) is 2.23. The minimum atomic E-state index is -2.45. The van der Waals surface area contributed by atoms with Crippen LogP contribution < -0.4 is 0 Å². The number of nitrogens with zero attached hydrogens (tertiary/aromatic N) is 2. The van der Waals surface area contributed by atoms with E-state index in [0.717, 1.165) is 12.1 Å². The highest BCUT2D eigenvalue weighted by Crippen LogP contribution is 2.28. The quantitative estimate of drug-likeness (QED) is 0.747. The Bertz CT molecular complexity index is 304. The standard InChI is InChI=1S/C11H14F2N2/c12-11(13)3-7-15(8-4-11)9-10-1-5-14-6-2-10/h1-2,5-6H,3-4,7-9H2. The van der Waals surface area contributed by atoms with Crippen LogP contribution >= 0.6 is 0 Å². The van der Waals surface area contributed by atoms with Crippen LogP contribution in [0.5, 0.6) is 0 Å². The van der Waals surface area contributed by atoms with Gasteiger partial charge in [-0.3, -0.25) is 9.88 Å². The maximum atomic E-state index is 12.9. The molecule has 1 aliphatic heterocycles. The number of rotatable bonds is 2. The maximum absolute atomic E-state index is 12.9. The van der Waals surface area contributed by atoms with Crippen LogP contribution in [-0.2, 0) is 6.54 Å². The fourth-order valence-corrected chi connectivity index (χ4v) is 1.78. The Morgan fingerprint density at radius 2 is 1.80 bits per heavy atom. The summed E-state index contributed by atoms with van der Waals surface area (Å²) in [7, 11) is 0. The summed E-state index contributed by atoms with van der Waals surface area (Å²) < 4.78 is 25.8. The predicted molar refractivity (Wildman–Crippen MR) is 53.7 cm³/mol. The third-order valence-corrected chi connectivity index (χ3v) is 2.74. The van der Waals surface area contributed by atoms with E-state index in [4.69, 9.17) is 0 Å². The molecule has 0 unspecified atom stereocenters. The number of piperidine rings is 1. The van der Waals surface area contributed by atoms with Crippen LogP contribution in [0.4, 0.5) is 8.78 Å². The first kappa shape index (κ1) is 10.5. The molecule has 82 valence electrons. The molecule has 0 amide bonds. The maximum Gasteiger partial charge on any atom is 0.250 e. The van der Waals surface area contributed by atoms with Crippen molar-refractivity contribution >= 4 is 0 Å². The average molecular weight is 212 g/mol. The highest BCUT2D eigenvalue weighted by molar-refractivity contribution is 5.09. The van der Waals surface area contributed by atoms with Crippen molar-refractivity contribution in [2.45, 2.75) is 25.3 Å². The molecular weight excluding hydrogens is 198 g/mol. The molecule has 4 heteroatoms. The van der Waals surface area contributed by atoms with E-state index in [0.29, 0.717) is 13.1 Å². The van der Waals surface area contributed by atoms with Gasteiger partial charge in [0.05, 0.1) is 0 Å². The van der Waals surface area contributed by atoms with Crippen molar-refractivity contribution in [3.05, 3.63) is 30.1 Å². The zero-order valence-corrected chi connectivity index (χ0v) is 8.50. The number of halogens is 2. The van der Waals surface area contributed by atoms with Crippen LogP contribution in [0.1, 0.15) is 18.4 Å². The van der Waals surface area contributed by atoms with Gasteiger partial charge in [-0.15, -0.1) is 0 Å². The molecule has 2 rings (SSSR count). The molecule has 0 saturated carbocycles. The third-order valence-electron chi connectivity index (χ3n) is 2.74. The molecule has 0 radical (unpaired) electrons. The van der Waals surface area contributed by atoms with E-state index in [9.17, 15) is 8.78 Å². The largest absolute Gasteiger partial charge is 0.299 e. The molecule has 15 heavy (non-hydrogen) atoms. The number of aromatic nitrogens is 1. The molecule has 0 N–H and O–H groups in total. The number of hydrogen-bond donors (Lipinski definition) is 0. The Kier molecular flexibility index (Phi) is 2.95. The van der Waals surface area contributed by atoms with E-state index < -0.39 is 5.92 Å². The molecule has 1 aromatic heterocycles. The zero-order chi connectivity index (χ0) is 10.7. The molecule has 1 aliphatic rings. The predicted octanol–water partition coefficient (Wildman–Crippen LogP) is 2.31. The lowest BCUT2D eigenvalue weighted by Crippen LogP contribution is -2.38. The molecule has 1 fully saturated rings. The summed E-state index contributed by atoms with van der Waals surface area (Å²) in [5.74, 6) is -2.45. The fraction of sp³-hybridized carbons (Fsp3) is 0.545. The topological polar surface area (TPSA) is 16.1 Å². The minimum Gasteiger partial charge on any atom is -0.299 e. The van der Waals surface area contributed by atoms with Gasteiger partial charge in [0.1, 0.15) is 0 Å². The zero-order valence-electron chi connectivity index (χ0n) is 8.50. The second-order valence-corrected chi connectivity index (χ2v) is 3.99. The summed E-state index contributed by atoms with van der Waals surface area (Å²) in [4.78, 5) is 5.99. The van der Waals surface area contributed by atoms with Crippen LogP contribution in [0.3, 0.4) is 0 Å². The lowest BCUT2D eigenvalue weighted by atomic mass is 10.1. The van der Waals surface area contributed by atoms with E-state index in [1.54, 1.807) is 12.4 Å². The molecule has 0 aromatic carbocycles. The van der Waals surface area contributed by atoms with Gasteiger partial charge in [-0.25, -0.2) is 8.78 Å². The Morgan fingerprint density at radius 1 is 1.20 bits per heavy atom. The van der Waals surface area contributed by atoms with E-state index >= 15 is 0 Å². The van der Waals surface area contributed by atoms with E-state index in [1.165, 1.54) is 0 Å². The van der Waals surface area contributed by atoms with Crippen molar-refractivity contribution in [1.29, 1.82) is 0 Å². The van der Waals surface area contributed by atoms with Gasteiger partial charge < -0.3 is 0 Å². The lowest BCUT2D eigenvalue weighted by Gasteiger charge is -2.31. The van der Waals surface area contributed by atoms with Crippen LogP contribution in [0.15, 0.2) is 24.5 Å². The summed E-state index contributed by atoms with van der Waals surface area (Å²) in [5.41, 5.74) is 1.13. The third kappa shape index (κ3) is 2.96. The van der Waals surface area contributed by atoms with E-state index in [-0.39, 0.29) is 12.8 Å². The number of alkyl halides is 2. The van der Waals surface area contributed by atoms with Gasteiger partial charge in [-0.05, 0) is 17.7 Å². The minimum absolute atomic E-state index is 0.0158. The van der Waals surface area contributed by atoms with Gasteiger partial charge in [0, 0.05) is 44.9 Å². The molecule has 0 bridgehead atoms. The number of pyridine rings is 1.